The smallest absolute Gasteiger partial charge is 0.221 e. The average molecular weight is 230 g/mol. The predicted octanol–water partition coefficient (Wildman–Crippen LogP) is 0.237. The van der Waals surface area contributed by atoms with Crippen molar-refractivity contribution in [2.45, 2.75) is 44.6 Å². The Morgan fingerprint density at radius 3 is 2.44 bits per heavy atom. The Bertz CT molecular complexity index is 227. The van der Waals surface area contributed by atoms with Gasteiger partial charge in [-0.15, -0.1) is 0 Å². The third-order valence-electron chi connectivity index (χ3n) is 2.91. The molecule has 0 aliphatic heterocycles. The summed E-state index contributed by atoms with van der Waals surface area (Å²) in [6.45, 7) is 1.85. The monoisotopic (exact) mass is 230 g/mol. The molecular formula is C11H22N2O3. The summed E-state index contributed by atoms with van der Waals surface area (Å²) in [5.74, 6) is 0.507. The van der Waals surface area contributed by atoms with E-state index in [-0.39, 0.29) is 18.0 Å². The lowest BCUT2D eigenvalue weighted by Gasteiger charge is -2.22. The minimum absolute atomic E-state index is 0.00394. The number of nitrogens with two attached hydrogens (primary N) is 1. The summed E-state index contributed by atoms with van der Waals surface area (Å²) in [7, 11) is 3.10. The van der Waals surface area contributed by atoms with Gasteiger partial charge in [-0.05, 0) is 25.7 Å². The minimum atomic E-state index is -0.416. The maximum Gasteiger partial charge on any atom is 0.221 e. The summed E-state index contributed by atoms with van der Waals surface area (Å²) in [4.78, 5) is 11.6. The van der Waals surface area contributed by atoms with Gasteiger partial charge in [-0.25, -0.2) is 0 Å². The second-order valence-corrected chi connectivity index (χ2v) is 4.40. The van der Waals surface area contributed by atoms with Crippen molar-refractivity contribution in [3.63, 3.8) is 0 Å². The van der Waals surface area contributed by atoms with Gasteiger partial charge in [-0.1, -0.05) is 0 Å². The third kappa shape index (κ3) is 4.08. The van der Waals surface area contributed by atoms with Gasteiger partial charge in [0.05, 0.1) is 6.04 Å². The van der Waals surface area contributed by atoms with Gasteiger partial charge < -0.3 is 20.5 Å². The van der Waals surface area contributed by atoms with Crippen molar-refractivity contribution >= 4 is 5.91 Å². The number of nitrogens with one attached hydrogen (secondary N) is 1. The molecule has 0 spiro atoms. The molecule has 0 aromatic rings. The van der Waals surface area contributed by atoms with Gasteiger partial charge in [-0.3, -0.25) is 4.79 Å². The molecule has 0 aromatic carbocycles. The number of methoxy groups -OCH3 is 2. The van der Waals surface area contributed by atoms with Crippen molar-refractivity contribution in [3.8, 4) is 0 Å². The third-order valence-corrected chi connectivity index (χ3v) is 2.91. The highest BCUT2D eigenvalue weighted by atomic mass is 16.7. The maximum absolute atomic E-state index is 11.6. The highest BCUT2D eigenvalue weighted by molar-refractivity contribution is 5.77. The van der Waals surface area contributed by atoms with E-state index in [0.717, 1.165) is 12.8 Å². The van der Waals surface area contributed by atoms with E-state index >= 15 is 0 Å². The van der Waals surface area contributed by atoms with E-state index in [4.69, 9.17) is 15.2 Å². The normalized spacial score (nSPS) is 19.6. The van der Waals surface area contributed by atoms with E-state index in [0.29, 0.717) is 12.3 Å². The van der Waals surface area contributed by atoms with Crippen LogP contribution in [0.4, 0.5) is 0 Å². The Labute approximate surface area is 96.7 Å². The topological polar surface area (TPSA) is 73.6 Å². The highest BCUT2D eigenvalue weighted by Gasteiger charge is 2.30. The zero-order valence-electron chi connectivity index (χ0n) is 10.2. The molecule has 0 aromatic heterocycles. The van der Waals surface area contributed by atoms with Crippen LogP contribution in [-0.2, 0) is 14.3 Å². The average Bonchev–Trinajstić information content (AvgIpc) is 3.01. The first-order chi connectivity index (χ1) is 7.58. The number of hydrogen-bond acceptors (Lipinski definition) is 4. The number of ether oxygens (including phenoxy) is 2. The van der Waals surface area contributed by atoms with Crippen LogP contribution in [0.15, 0.2) is 0 Å². The molecule has 5 nitrogen and oxygen atoms in total. The van der Waals surface area contributed by atoms with E-state index in [1.54, 1.807) is 14.2 Å². The number of amides is 1. The van der Waals surface area contributed by atoms with Gasteiger partial charge in [0.1, 0.15) is 0 Å². The lowest BCUT2D eigenvalue weighted by molar-refractivity contribution is -0.136. The molecule has 1 saturated carbocycles. The van der Waals surface area contributed by atoms with Crippen LogP contribution in [0.5, 0.6) is 0 Å². The molecule has 0 saturated heterocycles. The standard InChI is InChI=1S/C11H22N2O3/c1-7(11(15-2)16-3)13-10(14)6-9(12)8-4-5-8/h7-9,11H,4-6,12H2,1-3H3,(H,13,14). The predicted molar refractivity (Wildman–Crippen MR) is 60.7 cm³/mol. The SMILES string of the molecule is COC(OC)C(C)NC(=O)CC(N)C1CC1. The van der Waals surface area contributed by atoms with Crippen LogP contribution >= 0.6 is 0 Å². The van der Waals surface area contributed by atoms with E-state index in [1.807, 2.05) is 6.92 Å². The summed E-state index contributed by atoms with van der Waals surface area (Å²) < 4.78 is 10.1. The molecule has 2 atom stereocenters. The Hall–Kier alpha value is -0.650. The molecule has 1 rings (SSSR count). The molecule has 3 N–H and O–H groups in total. The number of carbonyl (C=O) groups excluding carboxylic acids is 1. The molecule has 1 amide bonds. The van der Waals surface area contributed by atoms with Crippen molar-refractivity contribution in [2.24, 2.45) is 11.7 Å². The van der Waals surface area contributed by atoms with Crippen LogP contribution in [-0.4, -0.2) is 38.5 Å². The van der Waals surface area contributed by atoms with Crippen LogP contribution in [0.25, 0.3) is 0 Å². The number of hydrogen-bond donors (Lipinski definition) is 2. The van der Waals surface area contributed by atoms with Crippen molar-refractivity contribution in [3.05, 3.63) is 0 Å². The Kier molecular flexibility index (Phi) is 5.18. The van der Waals surface area contributed by atoms with Crippen LogP contribution in [0.2, 0.25) is 0 Å². The molecule has 1 fully saturated rings. The number of carbonyl (C=O) groups is 1. The molecular weight excluding hydrogens is 208 g/mol. The van der Waals surface area contributed by atoms with Gasteiger partial charge in [0.2, 0.25) is 5.91 Å². The molecule has 0 bridgehead atoms. The fourth-order valence-electron chi connectivity index (χ4n) is 1.79. The van der Waals surface area contributed by atoms with Crippen molar-refractivity contribution in [1.29, 1.82) is 0 Å². The van der Waals surface area contributed by atoms with Crippen LogP contribution in [0.3, 0.4) is 0 Å². The van der Waals surface area contributed by atoms with Crippen molar-refractivity contribution in [1.82, 2.24) is 5.32 Å². The molecule has 1 aliphatic rings. The van der Waals surface area contributed by atoms with Gasteiger partial charge in [0, 0.05) is 26.7 Å². The van der Waals surface area contributed by atoms with E-state index in [2.05, 4.69) is 5.32 Å². The number of rotatable bonds is 7. The molecule has 2 unspecified atom stereocenters. The van der Waals surface area contributed by atoms with Crippen LogP contribution < -0.4 is 11.1 Å². The van der Waals surface area contributed by atoms with Gasteiger partial charge >= 0.3 is 0 Å². The summed E-state index contributed by atoms with van der Waals surface area (Å²) in [5.41, 5.74) is 5.87. The van der Waals surface area contributed by atoms with Gasteiger partial charge in [-0.2, -0.15) is 0 Å². The lowest BCUT2D eigenvalue weighted by atomic mass is 10.1. The molecule has 1 aliphatic carbocycles. The summed E-state index contributed by atoms with van der Waals surface area (Å²) in [6.07, 6.45) is 2.28. The Morgan fingerprint density at radius 2 is 2.00 bits per heavy atom. The van der Waals surface area contributed by atoms with E-state index in [9.17, 15) is 4.79 Å². The fourth-order valence-corrected chi connectivity index (χ4v) is 1.79. The fraction of sp³-hybridized carbons (Fsp3) is 0.909. The second kappa shape index (κ2) is 6.18. The van der Waals surface area contributed by atoms with Crippen LogP contribution in [0, 0.1) is 5.92 Å². The summed E-state index contributed by atoms with van der Waals surface area (Å²) in [5, 5.41) is 2.83. The van der Waals surface area contributed by atoms with Crippen LogP contribution in [0.1, 0.15) is 26.2 Å². The first kappa shape index (κ1) is 13.4. The van der Waals surface area contributed by atoms with Gasteiger partial charge in [0.15, 0.2) is 6.29 Å². The zero-order chi connectivity index (χ0) is 12.1. The molecule has 5 heteroatoms. The summed E-state index contributed by atoms with van der Waals surface area (Å²) >= 11 is 0. The molecule has 0 heterocycles. The zero-order valence-corrected chi connectivity index (χ0v) is 10.2. The Balaban J connectivity index is 2.26. The molecule has 0 radical (unpaired) electrons. The largest absolute Gasteiger partial charge is 0.354 e. The van der Waals surface area contributed by atoms with Crippen molar-refractivity contribution < 1.29 is 14.3 Å². The second-order valence-electron chi connectivity index (χ2n) is 4.40. The lowest BCUT2D eigenvalue weighted by Crippen LogP contribution is -2.44. The maximum atomic E-state index is 11.6. The molecule has 16 heavy (non-hydrogen) atoms. The first-order valence-electron chi connectivity index (χ1n) is 5.69. The van der Waals surface area contributed by atoms with E-state index < -0.39 is 6.29 Å². The minimum Gasteiger partial charge on any atom is -0.354 e. The highest BCUT2D eigenvalue weighted by Crippen LogP contribution is 2.32. The quantitative estimate of drug-likeness (QED) is 0.614. The van der Waals surface area contributed by atoms with E-state index in [1.165, 1.54) is 0 Å². The Morgan fingerprint density at radius 1 is 1.44 bits per heavy atom. The van der Waals surface area contributed by atoms with Crippen molar-refractivity contribution in [2.75, 3.05) is 14.2 Å². The summed E-state index contributed by atoms with van der Waals surface area (Å²) in [6, 6.07) is -0.176. The molecule has 94 valence electrons. The van der Waals surface area contributed by atoms with Gasteiger partial charge in [0.25, 0.3) is 0 Å². The first-order valence-corrected chi connectivity index (χ1v) is 5.69.